The van der Waals surface area contributed by atoms with Gasteiger partial charge in [-0.15, -0.1) is 0 Å². The number of hydrogen-bond donors (Lipinski definition) is 0. The number of esters is 2. The number of carbonyl (C=O) groups is 2. The van der Waals surface area contributed by atoms with Crippen LogP contribution in [0.15, 0.2) is 23.0 Å². The lowest BCUT2D eigenvalue weighted by Gasteiger charge is -2.39. The van der Waals surface area contributed by atoms with Gasteiger partial charge in [-0.25, -0.2) is 9.59 Å². The molecule has 6 heteroatoms. The maximum absolute atomic E-state index is 12.2. The number of carbonyl (C=O) groups excluding carboxylic acids is 2. The Hall–Kier alpha value is -1.66. The van der Waals surface area contributed by atoms with E-state index in [0.29, 0.717) is 48.0 Å². The Kier molecular flexibility index (Phi) is 4.00. The highest BCUT2D eigenvalue weighted by atomic mass is 16.7. The lowest BCUT2D eigenvalue weighted by atomic mass is 9.66. The number of fused-ring (bicyclic) bond motifs is 4. The first-order valence-electron chi connectivity index (χ1n) is 8.93. The molecule has 2 saturated carbocycles. The van der Waals surface area contributed by atoms with E-state index in [1.165, 1.54) is 6.42 Å². The molecule has 3 aliphatic carbocycles. The van der Waals surface area contributed by atoms with Gasteiger partial charge in [0.15, 0.2) is 5.57 Å². The summed E-state index contributed by atoms with van der Waals surface area (Å²) in [6.45, 7) is 5.15. The molecule has 0 unspecified atom stereocenters. The molecule has 1 heterocycles. The van der Waals surface area contributed by atoms with Crippen molar-refractivity contribution >= 4 is 11.9 Å². The molecule has 4 rings (SSSR count). The average molecular weight is 348 g/mol. The van der Waals surface area contributed by atoms with Crippen molar-refractivity contribution in [3.8, 4) is 0 Å². The molecule has 6 nitrogen and oxygen atoms in total. The fraction of sp³-hybridized carbons (Fsp3) is 0.684. The van der Waals surface area contributed by atoms with E-state index in [1.54, 1.807) is 14.0 Å². The van der Waals surface area contributed by atoms with Crippen LogP contribution >= 0.6 is 0 Å². The standard InChI is InChI=1S/C19H24O6/c1-4-24-17(20)16-11-6-14-12(8-23-9-22-3)10-5-13(10)19(14,2)7-15(11)25-18(16)21/h7,10,12-14H,4-6,8-9H2,1-3H3/t10-,12-,13-,14+,19+/m1/s1. The van der Waals surface area contributed by atoms with Crippen molar-refractivity contribution in [2.24, 2.45) is 29.1 Å². The number of rotatable bonds is 6. The molecule has 5 atom stereocenters. The minimum absolute atomic E-state index is 0.00497. The smallest absolute Gasteiger partial charge is 0.351 e. The number of allylic oxidation sites excluding steroid dienone is 2. The van der Waals surface area contributed by atoms with Crippen molar-refractivity contribution in [3.05, 3.63) is 23.0 Å². The first-order chi connectivity index (χ1) is 12.0. The van der Waals surface area contributed by atoms with E-state index in [1.807, 2.05) is 0 Å². The number of methoxy groups -OCH3 is 1. The highest BCUT2D eigenvalue weighted by molar-refractivity contribution is 6.17. The molecule has 4 aliphatic rings. The fourth-order valence-electron chi connectivity index (χ4n) is 5.22. The Bertz CT molecular complexity index is 677. The van der Waals surface area contributed by atoms with Gasteiger partial charge < -0.3 is 18.9 Å². The first-order valence-corrected chi connectivity index (χ1v) is 8.93. The van der Waals surface area contributed by atoms with Crippen molar-refractivity contribution in [3.63, 3.8) is 0 Å². The van der Waals surface area contributed by atoms with Crippen LogP contribution in [0, 0.1) is 29.1 Å². The van der Waals surface area contributed by atoms with Crippen LogP contribution in [0.2, 0.25) is 0 Å². The largest absolute Gasteiger partial charge is 0.462 e. The zero-order chi connectivity index (χ0) is 17.8. The van der Waals surface area contributed by atoms with E-state index in [-0.39, 0.29) is 24.4 Å². The second-order valence-corrected chi connectivity index (χ2v) is 7.60. The van der Waals surface area contributed by atoms with Gasteiger partial charge in [0.25, 0.3) is 0 Å². The van der Waals surface area contributed by atoms with Crippen molar-refractivity contribution in [1.29, 1.82) is 0 Å². The minimum Gasteiger partial charge on any atom is -0.462 e. The average Bonchev–Trinajstić information content (AvgIpc) is 3.24. The highest BCUT2D eigenvalue weighted by Gasteiger charge is 2.66. The maximum atomic E-state index is 12.2. The summed E-state index contributed by atoms with van der Waals surface area (Å²) in [7, 11) is 1.62. The predicted octanol–water partition coefficient (Wildman–Crippen LogP) is 2.20. The van der Waals surface area contributed by atoms with Crippen LogP contribution in [0.3, 0.4) is 0 Å². The van der Waals surface area contributed by atoms with Gasteiger partial charge in [0.1, 0.15) is 12.6 Å². The molecule has 2 fully saturated rings. The Morgan fingerprint density at radius 2 is 2.20 bits per heavy atom. The third-order valence-corrected chi connectivity index (χ3v) is 6.37. The van der Waals surface area contributed by atoms with E-state index in [2.05, 4.69) is 13.0 Å². The van der Waals surface area contributed by atoms with Crippen LogP contribution in [0.1, 0.15) is 26.7 Å². The molecule has 0 spiro atoms. The van der Waals surface area contributed by atoms with Crippen molar-refractivity contribution in [2.75, 3.05) is 27.1 Å². The molecule has 25 heavy (non-hydrogen) atoms. The summed E-state index contributed by atoms with van der Waals surface area (Å²) in [6, 6.07) is 0. The maximum Gasteiger partial charge on any atom is 0.351 e. The zero-order valence-corrected chi connectivity index (χ0v) is 14.9. The van der Waals surface area contributed by atoms with Crippen LogP contribution in [-0.4, -0.2) is 39.1 Å². The van der Waals surface area contributed by atoms with Gasteiger partial charge in [-0.1, -0.05) is 6.92 Å². The van der Waals surface area contributed by atoms with Crippen LogP contribution in [-0.2, 0) is 28.5 Å². The SMILES string of the molecule is CCOC(=O)C1=C2C[C@H]3[C@H](COCOC)[C@H]4C[C@H]4[C@]3(C)C=C2OC1=O. The summed E-state index contributed by atoms with van der Waals surface area (Å²) < 4.78 is 21.1. The lowest BCUT2D eigenvalue weighted by Crippen LogP contribution is -2.34. The number of hydrogen-bond acceptors (Lipinski definition) is 6. The molecular weight excluding hydrogens is 324 g/mol. The molecule has 136 valence electrons. The third kappa shape index (κ3) is 2.46. The molecular formula is C19H24O6. The van der Waals surface area contributed by atoms with Gasteiger partial charge >= 0.3 is 11.9 Å². The third-order valence-electron chi connectivity index (χ3n) is 6.37. The van der Waals surface area contributed by atoms with Gasteiger partial charge in [-0.3, -0.25) is 0 Å². The van der Waals surface area contributed by atoms with Crippen LogP contribution in [0.5, 0.6) is 0 Å². The summed E-state index contributed by atoms with van der Waals surface area (Å²) in [5, 5.41) is 0. The molecule has 0 aromatic heterocycles. The van der Waals surface area contributed by atoms with Crippen LogP contribution < -0.4 is 0 Å². The summed E-state index contributed by atoms with van der Waals surface area (Å²) in [5.74, 6) is 1.40. The Morgan fingerprint density at radius 1 is 1.40 bits per heavy atom. The monoisotopic (exact) mass is 348 g/mol. The van der Waals surface area contributed by atoms with Crippen LogP contribution in [0.4, 0.5) is 0 Å². The first kappa shape index (κ1) is 16.8. The van der Waals surface area contributed by atoms with Crippen molar-refractivity contribution < 1.29 is 28.5 Å². The summed E-state index contributed by atoms with van der Waals surface area (Å²) in [6.07, 6.45) is 3.94. The van der Waals surface area contributed by atoms with E-state index < -0.39 is 11.9 Å². The molecule has 0 N–H and O–H groups in total. The van der Waals surface area contributed by atoms with Crippen molar-refractivity contribution in [1.82, 2.24) is 0 Å². The van der Waals surface area contributed by atoms with E-state index >= 15 is 0 Å². The molecule has 0 aromatic rings. The second-order valence-electron chi connectivity index (χ2n) is 7.60. The van der Waals surface area contributed by atoms with Gasteiger partial charge in [-0.2, -0.15) is 0 Å². The topological polar surface area (TPSA) is 71.1 Å². The molecule has 0 saturated heterocycles. The number of ether oxygens (including phenoxy) is 4. The van der Waals surface area contributed by atoms with Crippen molar-refractivity contribution in [2.45, 2.75) is 26.7 Å². The van der Waals surface area contributed by atoms with E-state index in [9.17, 15) is 9.59 Å². The molecule has 0 amide bonds. The fourth-order valence-corrected chi connectivity index (χ4v) is 5.22. The second kappa shape index (κ2) is 5.95. The molecule has 0 radical (unpaired) electrons. The quantitative estimate of drug-likeness (QED) is 0.317. The Morgan fingerprint density at radius 3 is 2.92 bits per heavy atom. The van der Waals surface area contributed by atoms with E-state index in [0.717, 1.165) is 0 Å². The van der Waals surface area contributed by atoms with Crippen LogP contribution in [0.25, 0.3) is 0 Å². The van der Waals surface area contributed by atoms with E-state index in [4.69, 9.17) is 18.9 Å². The molecule has 0 aromatic carbocycles. The minimum atomic E-state index is -0.581. The predicted molar refractivity (Wildman–Crippen MR) is 87.0 cm³/mol. The Balaban J connectivity index is 1.65. The summed E-state index contributed by atoms with van der Waals surface area (Å²) in [4.78, 5) is 24.4. The summed E-state index contributed by atoms with van der Waals surface area (Å²) >= 11 is 0. The Labute approximate surface area is 147 Å². The molecule has 1 aliphatic heterocycles. The normalized spacial score (nSPS) is 37.9. The lowest BCUT2D eigenvalue weighted by molar-refractivity contribution is -0.143. The highest BCUT2D eigenvalue weighted by Crippen LogP contribution is 2.71. The summed E-state index contributed by atoms with van der Waals surface area (Å²) in [5.41, 5.74) is 0.783. The van der Waals surface area contributed by atoms with Gasteiger partial charge in [0, 0.05) is 12.7 Å². The zero-order valence-electron chi connectivity index (χ0n) is 14.9. The van der Waals surface area contributed by atoms with Gasteiger partial charge in [0.2, 0.25) is 0 Å². The van der Waals surface area contributed by atoms with Gasteiger partial charge in [0.05, 0.1) is 13.2 Å². The van der Waals surface area contributed by atoms with Gasteiger partial charge in [-0.05, 0) is 54.9 Å². The molecule has 0 bridgehead atoms.